The molecular formula is C21H19ClFNO4. The first kappa shape index (κ1) is 19.9. The predicted octanol–water partition coefficient (Wildman–Crippen LogP) is 4.96. The van der Waals surface area contributed by atoms with Crippen LogP contribution in [0.15, 0.2) is 36.4 Å². The van der Waals surface area contributed by atoms with Gasteiger partial charge in [-0.15, -0.1) is 0 Å². The zero-order valence-corrected chi connectivity index (χ0v) is 16.3. The Morgan fingerprint density at radius 2 is 1.71 bits per heavy atom. The number of carbonyl (C=O) groups excluding carboxylic acids is 1. The summed E-state index contributed by atoms with van der Waals surface area (Å²) in [4.78, 5) is 25.1. The van der Waals surface area contributed by atoms with Crippen LogP contribution in [0.2, 0.25) is 5.02 Å². The molecule has 0 radical (unpaired) electrons. The number of aromatic nitrogens is 1. The first-order valence-corrected chi connectivity index (χ1v) is 9.08. The van der Waals surface area contributed by atoms with Crippen molar-refractivity contribution in [3.63, 3.8) is 0 Å². The van der Waals surface area contributed by atoms with Crippen molar-refractivity contribution in [1.82, 2.24) is 4.57 Å². The second kappa shape index (κ2) is 7.28. The summed E-state index contributed by atoms with van der Waals surface area (Å²) < 4.78 is 16.2. The van der Waals surface area contributed by atoms with Gasteiger partial charge in [0.25, 0.3) is 5.91 Å². The van der Waals surface area contributed by atoms with Gasteiger partial charge >= 0.3 is 5.97 Å². The minimum Gasteiger partial charge on any atom is -0.505 e. The monoisotopic (exact) mass is 403 g/mol. The Bertz CT molecular complexity index is 1090. The van der Waals surface area contributed by atoms with E-state index in [9.17, 15) is 24.2 Å². The van der Waals surface area contributed by atoms with E-state index in [1.165, 1.54) is 10.6 Å². The Kier molecular flexibility index (Phi) is 5.17. The van der Waals surface area contributed by atoms with E-state index >= 15 is 0 Å². The molecular weight excluding hydrogens is 385 g/mol. The molecule has 146 valence electrons. The average Bonchev–Trinajstić information content (AvgIpc) is 2.91. The van der Waals surface area contributed by atoms with E-state index in [2.05, 4.69) is 0 Å². The van der Waals surface area contributed by atoms with Crippen LogP contribution in [0.3, 0.4) is 0 Å². The Hall–Kier alpha value is -2.86. The van der Waals surface area contributed by atoms with E-state index < -0.39 is 29.4 Å². The number of nitrogens with zero attached hydrogens (tertiary/aromatic N) is 1. The second-order valence-corrected chi connectivity index (χ2v) is 7.44. The number of rotatable bonds is 4. The summed E-state index contributed by atoms with van der Waals surface area (Å²) in [5.41, 5.74) is 1.03. The van der Waals surface area contributed by atoms with E-state index in [-0.39, 0.29) is 22.4 Å². The SMILES string of the molecule is Cc1c(C(C(=O)O)C(C)C)c2c(F)c(O)ccc2n1C(=O)c1ccc(Cl)cc1. The molecule has 1 aromatic heterocycles. The maximum absolute atomic E-state index is 14.9. The van der Waals surface area contributed by atoms with Crippen LogP contribution in [0, 0.1) is 18.7 Å². The molecule has 3 aromatic rings. The lowest BCUT2D eigenvalue weighted by Crippen LogP contribution is -2.20. The van der Waals surface area contributed by atoms with Crippen LogP contribution in [0.4, 0.5) is 4.39 Å². The Morgan fingerprint density at radius 1 is 1.11 bits per heavy atom. The number of hydrogen-bond acceptors (Lipinski definition) is 3. The van der Waals surface area contributed by atoms with Gasteiger partial charge in [0, 0.05) is 21.7 Å². The number of carboxylic acids is 1. The highest BCUT2D eigenvalue weighted by Gasteiger charge is 2.33. The molecule has 1 unspecified atom stereocenters. The van der Waals surface area contributed by atoms with Crippen LogP contribution in [-0.2, 0) is 4.79 Å². The summed E-state index contributed by atoms with van der Waals surface area (Å²) in [5, 5.41) is 20.0. The maximum atomic E-state index is 14.9. The van der Waals surface area contributed by atoms with E-state index in [1.54, 1.807) is 45.0 Å². The number of aliphatic carboxylic acids is 1. The Morgan fingerprint density at radius 3 is 2.25 bits per heavy atom. The summed E-state index contributed by atoms with van der Waals surface area (Å²) in [7, 11) is 0. The van der Waals surface area contributed by atoms with E-state index in [0.29, 0.717) is 16.3 Å². The lowest BCUT2D eigenvalue weighted by molar-refractivity contribution is -0.139. The number of fused-ring (bicyclic) bond motifs is 1. The topological polar surface area (TPSA) is 79.5 Å². The number of phenols is 1. The fourth-order valence-corrected chi connectivity index (χ4v) is 3.71. The van der Waals surface area contributed by atoms with Crippen LogP contribution in [0.25, 0.3) is 10.9 Å². The van der Waals surface area contributed by atoms with E-state index in [0.717, 1.165) is 6.07 Å². The predicted molar refractivity (Wildman–Crippen MR) is 105 cm³/mol. The van der Waals surface area contributed by atoms with Crippen LogP contribution >= 0.6 is 11.6 Å². The second-order valence-electron chi connectivity index (χ2n) is 7.00. The molecule has 28 heavy (non-hydrogen) atoms. The third kappa shape index (κ3) is 3.14. The van der Waals surface area contributed by atoms with Crippen LogP contribution in [0.5, 0.6) is 5.75 Å². The fraction of sp³-hybridized carbons (Fsp3) is 0.238. The third-order valence-corrected chi connectivity index (χ3v) is 5.12. The largest absolute Gasteiger partial charge is 0.505 e. The van der Waals surface area contributed by atoms with Crippen LogP contribution < -0.4 is 0 Å². The number of phenolic OH excluding ortho intramolecular Hbond substituents is 1. The molecule has 0 bridgehead atoms. The lowest BCUT2D eigenvalue weighted by Gasteiger charge is -2.17. The Labute approximate surface area is 166 Å². The number of hydrogen-bond donors (Lipinski definition) is 2. The number of carbonyl (C=O) groups is 2. The van der Waals surface area contributed by atoms with Crippen molar-refractivity contribution in [1.29, 1.82) is 0 Å². The van der Waals surface area contributed by atoms with Crippen molar-refractivity contribution in [2.45, 2.75) is 26.7 Å². The zero-order valence-electron chi connectivity index (χ0n) is 15.5. The molecule has 2 aromatic carbocycles. The van der Waals surface area contributed by atoms with Gasteiger partial charge < -0.3 is 10.2 Å². The molecule has 0 aliphatic rings. The third-order valence-electron chi connectivity index (χ3n) is 4.87. The van der Waals surface area contributed by atoms with Crippen molar-refractivity contribution in [2.75, 3.05) is 0 Å². The molecule has 0 saturated carbocycles. The van der Waals surface area contributed by atoms with Gasteiger partial charge in [-0.25, -0.2) is 4.39 Å². The summed E-state index contributed by atoms with van der Waals surface area (Å²) in [6.45, 7) is 5.00. The standard InChI is InChI=1S/C21H19ClFNO4/c1-10(2)16(21(27)28)17-11(3)24(14-8-9-15(25)19(23)18(14)17)20(26)12-4-6-13(22)7-5-12/h4-10,16,25H,1-3H3,(H,27,28). The normalized spacial score (nSPS) is 12.5. The molecule has 0 fully saturated rings. The van der Waals surface area contributed by atoms with Crippen LogP contribution in [-0.4, -0.2) is 26.7 Å². The van der Waals surface area contributed by atoms with Gasteiger partial charge in [-0.3, -0.25) is 14.2 Å². The summed E-state index contributed by atoms with van der Waals surface area (Å²) >= 11 is 5.88. The molecule has 1 heterocycles. The average molecular weight is 404 g/mol. The van der Waals surface area contributed by atoms with Crippen molar-refractivity contribution in [3.05, 3.63) is 64.1 Å². The van der Waals surface area contributed by atoms with Gasteiger partial charge in [0.05, 0.1) is 11.4 Å². The molecule has 0 spiro atoms. The van der Waals surface area contributed by atoms with Crippen molar-refractivity contribution in [2.24, 2.45) is 5.92 Å². The molecule has 7 heteroatoms. The van der Waals surface area contributed by atoms with Crippen molar-refractivity contribution < 1.29 is 24.2 Å². The van der Waals surface area contributed by atoms with Gasteiger partial charge in [0.1, 0.15) is 0 Å². The number of carboxylic acid groups (broad SMARTS) is 1. The van der Waals surface area contributed by atoms with Gasteiger partial charge in [0.2, 0.25) is 0 Å². The van der Waals surface area contributed by atoms with Gasteiger partial charge in [-0.05, 0) is 54.8 Å². The number of aromatic hydroxyl groups is 1. The molecule has 2 N–H and O–H groups in total. The fourth-order valence-electron chi connectivity index (χ4n) is 3.59. The first-order valence-electron chi connectivity index (χ1n) is 8.70. The van der Waals surface area contributed by atoms with Crippen LogP contribution in [0.1, 0.15) is 41.4 Å². The van der Waals surface area contributed by atoms with E-state index in [1.807, 2.05) is 0 Å². The minimum atomic E-state index is -1.13. The van der Waals surface area contributed by atoms with Crippen molar-refractivity contribution >= 4 is 34.4 Å². The van der Waals surface area contributed by atoms with Crippen molar-refractivity contribution in [3.8, 4) is 5.75 Å². The molecule has 5 nitrogen and oxygen atoms in total. The summed E-state index contributed by atoms with van der Waals surface area (Å²) in [6, 6.07) is 8.79. The molecule has 0 aliphatic heterocycles. The van der Waals surface area contributed by atoms with E-state index in [4.69, 9.17) is 11.6 Å². The maximum Gasteiger partial charge on any atom is 0.311 e. The number of halogens is 2. The Balaban J connectivity index is 2.38. The summed E-state index contributed by atoms with van der Waals surface area (Å²) in [5.74, 6) is -4.51. The lowest BCUT2D eigenvalue weighted by atomic mass is 9.86. The zero-order chi connectivity index (χ0) is 20.7. The number of benzene rings is 2. The molecule has 0 saturated heterocycles. The molecule has 3 rings (SSSR count). The first-order chi connectivity index (χ1) is 13.1. The summed E-state index contributed by atoms with van der Waals surface area (Å²) in [6.07, 6.45) is 0. The molecule has 1 atom stereocenters. The highest BCUT2D eigenvalue weighted by atomic mass is 35.5. The van der Waals surface area contributed by atoms with Gasteiger partial charge in [-0.2, -0.15) is 0 Å². The highest BCUT2D eigenvalue weighted by molar-refractivity contribution is 6.30. The quantitative estimate of drug-likeness (QED) is 0.645. The molecule has 0 amide bonds. The molecule has 0 aliphatic carbocycles. The smallest absolute Gasteiger partial charge is 0.311 e. The minimum absolute atomic E-state index is 0.0547. The highest BCUT2D eigenvalue weighted by Crippen LogP contribution is 2.39. The van der Waals surface area contributed by atoms with Gasteiger partial charge in [0.15, 0.2) is 11.6 Å². The van der Waals surface area contributed by atoms with Gasteiger partial charge in [-0.1, -0.05) is 25.4 Å².